The molecule has 0 saturated heterocycles. The summed E-state index contributed by atoms with van der Waals surface area (Å²) < 4.78 is 17.9. The molecule has 2 aromatic heterocycles. The number of hydrogen-bond acceptors (Lipinski definition) is 7. The van der Waals surface area contributed by atoms with Crippen molar-refractivity contribution < 1.29 is 14.2 Å². The number of hydrogen-bond donors (Lipinski definition) is 0. The Bertz CT molecular complexity index is 1270. The van der Waals surface area contributed by atoms with Gasteiger partial charge in [0.05, 0.1) is 25.9 Å². The van der Waals surface area contributed by atoms with Crippen molar-refractivity contribution in [2.75, 3.05) is 21.3 Å². The number of nitrogens with zero attached hydrogens (tertiary/aromatic N) is 3. The second kappa shape index (κ2) is 7.73. The van der Waals surface area contributed by atoms with E-state index in [9.17, 15) is 4.79 Å². The van der Waals surface area contributed by atoms with E-state index in [0.717, 1.165) is 11.1 Å². The highest BCUT2D eigenvalue weighted by Crippen LogP contribution is 2.38. The van der Waals surface area contributed by atoms with Gasteiger partial charge in [-0.2, -0.15) is 9.50 Å². The van der Waals surface area contributed by atoms with Gasteiger partial charge < -0.3 is 14.2 Å². The van der Waals surface area contributed by atoms with E-state index in [2.05, 4.69) is 10.1 Å². The highest BCUT2D eigenvalue weighted by atomic mass is 35.5. The van der Waals surface area contributed by atoms with Crippen LogP contribution in [0.1, 0.15) is 5.56 Å². The fraction of sp³-hybridized carbons (Fsp3) is 0.150. The van der Waals surface area contributed by atoms with Crippen molar-refractivity contribution >= 4 is 34.0 Å². The summed E-state index contributed by atoms with van der Waals surface area (Å²) in [6, 6.07) is 10.7. The van der Waals surface area contributed by atoms with E-state index in [1.165, 1.54) is 23.0 Å². The molecular formula is C20H16ClN3O4S. The van der Waals surface area contributed by atoms with Gasteiger partial charge in [0.15, 0.2) is 17.3 Å². The molecular weight excluding hydrogens is 414 g/mol. The Morgan fingerprint density at radius 1 is 1.03 bits per heavy atom. The average Bonchev–Trinajstić information content (AvgIpc) is 3.27. The summed E-state index contributed by atoms with van der Waals surface area (Å²) >= 11 is 7.17. The maximum absolute atomic E-state index is 12.8. The molecule has 0 spiro atoms. The second-order valence-electron chi connectivity index (χ2n) is 6.01. The van der Waals surface area contributed by atoms with Crippen LogP contribution in [-0.2, 0) is 0 Å². The van der Waals surface area contributed by atoms with E-state index in [0.29, 0.717) is 37.6 Å². The van der Waals surface area contributed by atoms with Crippen LogP contribution < -0.4 is 24.3 Å². The Morgan fingerprint density at radius 2 is 1.69 bits per heavy atom. The lowest BCUT2D eigenvalue weighted by molar-refractivity contribution is 0.324. The summed E-state index contributed by atoms with van der Waals surface area (Å²) in [4.78, 5) is 17.8. The standard InChI is InChI=1S/C20H16ClN3O4S/c1-26-14-8-11(9-15(27-2)17(14)28-3)10-16-19(25)24-20(29-16)22-18(23-24)12-4-6-13(21)7-5-12/h4-10H,1-3H3/b16-10-. The Balaban J connectivity index is 1.80. The average molecular weight is 430 g/mol. The van der Waals surface area contributed by atoms with E-state index < -0.39 is 0 Å². The van der Waals surface area contributed by atoms with Crippen LogP contribution in [0.4, 0.5) is 0 Å². The largest absolute Gasteiger partial charge is 0.493 e. The number of benzene rings is 2. The van der Waals surface area contributed by atoms with Crippen LogP contribution in [0.3, 0.4) is 0 Å². The summed E-state index contributed by atoms with van der Waals surface area (Å²) in [5.74, 6) is 1.99. The molecule has 9 heteroatoms. The Hall–Kier alpha value is -3.10. The van der Waals surface area contributed by atoms with Gasteiger partial charge in [-0.25, -0.2) is 0 Å². The van der Waals surface area contributed by atoms with E-state index >= 15 is 0 Å². The maximum Gasteiger partial charge on any atom is 0.291 e. The molecule has 4 aromatic rings. The van der Waals surface area contributed by atoms with Gasteiger partial charge in [0.1, 0.15) is 0 Å². The summed E-state index contributed by atoms with van der Waals surface area (Å²) in [5.41, 5.74) is 1.28. The minimum Gasteiger partial charge on any atom is -0.493 e. The third kappa shape index (κ3) is 3.52. The lowest BCUT2D eigenvalue weighted by atomic mass is 10.1. The first kappa shape index (κ1) is 19.2. The number of rotatable bonds is 5. The maximum atomic E-state index is 12.8. The number of halogens is 1. The van der Waals surface area contributed by atoms with E-state index in [1.807, 2.05) is 12.1 Å². The minimum absolute atomic E-state index is 0.244. The molecule has 0 N–H and O–H groups in total. The van der Waals surface area contributed by atoms with Crippen molar-refractivity contribution in [1.82, 2.24) is 14.6 Å². The first-order chi connectivity index (χ1) is 14.0. The Labute approximate surface area is 174 Å². The number of ether oxygens (including phenoxy) is 3. The van der Waals surface area contributed by atoms with Crippen LogP contribution in [0.5, 0.6) is 17.2 Å². The van der Waals surface area contributed by atoms with Crippen molar-refractivity contribution in [3.63, 3.8) is 0 Å². The van der Waals surface area contributed by atoms with Crippen LogP contribution in [0, 0.1) is 0 Å². The number of methoxy groups -OCH3 is 3. The molecule has 0 saturated carbocycles. The zero-order chi connectivity index (χ0) is 20.5. The summed E-state index contributed by atoms with van der Waals surface area (Å²) in [5, 5.41) is 4.97. The van der Waals surface area contributed by atoms with Gasteiger partial charge in [0.2, 0.25) is 10.7 Å². The van der Waals surface area contributed by atoms with Gasteiger partial charge in [-0.3, -0.25) is 4.79 Å². The molecule has 7 nitrogen and oxygen atoms in total. The van der Waals surface area contributed by atoms with Crippen molar-refractivity contribution in [2.24, 2.45) is 0 Å². The van der Waals surface area contributed by atoms with Crippen LogP contribution in [0.15, 0.2) is 41.2 Å². The quantitative estimate of drug-likeness (QED) is 0.485. The van der Waals surface area contributed by atoms with E-state index in [4.69, 9.17) is 25.8 Å². The van der Waals surface area contributed by atoms with Gasteiger partial charge in [-0.1, -0.05) is 22.9 Å². The zero-order valence-electron chi connectivity index (χ0n) is 15.8. The van der Waals surface area contributed by atoms with Gasteiger partial charge in [0, 0.05) is 10.6 Å². The summed E-state index contributed by atoms with van der Waals surface area (Å²) in [7, 11) is 4.63. The SMILES string of the molecule is COc1cc(/C=c2\sc3nc(-c4ccc(Cl)cc4)nn3c2=O)cc(OC)c1OC. The lowest BCUT2D eigenvalue weighted by Gasteiger charge is -2.12. The molecule has 4 rings (SSSR count). The first-order valence-electron chi connectivity index (χ1n) is 8.51. The van der Waals surface area contributed by atoms with Crippen molar-refractivity contribution in [1.29, 1.82) is 0 Å². The lowest BCUT2D eigenvalue weighted by Crippen LogP contribution is -2.23. The molecule has 2 aromatic carbocycles. The number of fused-ring (bicyclic) bond motifs is 1. The smallest absolute Gasteiger partial charge is 0.291 e. The third-order valence-electron chi connectivity index (χ3n) is 4.27. The molecule has 0 aliphatic heterocycles. The summed E-state index contributed by atoms with van der Waals surface area (Å²) in [6.45, 7) is 0. The highest BCUT2D eigenvalue weighted by Gasteiger charge is 2.14. The summed E-state index contributed by atoms with van der Waals surface area (Å²) in [6.07, 6.45) is 1.75. The molecule has 0 fully saturated rings. The first-order valence-corrected chi connectivity index (χ1v) is 9.70. The third-order valence-corrected chi connectivity index (χ3v) is 5.48. The molecule has 0 bridgehead atoms. The van der Waals surface area contributed by atoms with Gasteiger partial charge in [-0.05, 0) is 48.0 Å². The number of thiazole rings is 1. The predicted octanol–water partition coefficient (Wildman–Crippen LogP) is 3.04. The van der Waals surface area contributed by atoms with Gasteiger partial charge in [0.25, 0.3) is 5.56 Å². The van der Waals surface area contributed by atoms with E-state index in [1.54, 1.807) is 44.6 Å². The van der Waals surface area contributed by atoms with Gasteiger partial charge in [-0.15, -0.1) is 5.10 Å². The molecule has 0 aliphatic rings. The van der Waals surface area contributed by atoms with Gasteiger partial charge >= 0.3 is 0 Å². The fourth-order valence-electron chi connectivity index (χ4n) is 2.89. The number of aromatic nitrogens is 3. The van der Waals surface area contributed by atoms with Crippen LogP contribution >= 0.6 is 22.9 Å². The molecule has 29 heavy (non-hydrogen) atoms. The monoisotopic (exact) mass is 429 g/mol. The normalized spacial score (nSPS) is 11.8. The van der Waals surface area contributed by atoms with Crippen molar-refractivity contribution in [3.05, 3.63) is 61.9 Å². The molecule has 0 radical (unpaired) electrons. The van der Waals surface area contributed by atoms with Crippen molar-refractivity contribution in [3.8, 4) is 28.6 Å². The van der Waals surface area contributed by atoms with Crippen LogP contribution in [-0.4, -0.2) is 35.9 Å². The van der Waals surface area contributed by atoms with E-state index in [-0.39, 0.29) is 5.56 Å². The second-order valence-corrected chi connectivity index (χ2v) is 7.46. The zero-order valence-corrected chi connectivity index (χ0v) is 17.4. The van der Waals surface area contributed by atoms with Crippen molar-refractivity contribution in [2.45, 2.75) is 0 Å². The molecule has 0 atom stereocenters. The molecule has 0 amide bonds. The molecule has 2 heterocycles. The Morgan fingerprint density at radius 3 is 2.24 bits per heavy atom. The fourth-order valence-corrected chi connectivity index (χ4v) is 3.92. The molecule has 0 aliphatic carbocycles. The van der Waals surface area contributed by atoms with Crippen LogP contribution in [0.2, 0.25) is 5.02 Å². The predicted molar refractivity (Wildman–Crippen MR) is 112 cm³/mol. The molecule has 0 unspecified atom stereocenters. The Kier molecular flexibility index (Phi) is 5.12. The topological polar surface area (TPSA) is 75.0 Å². The molecule has 148 valence electrons. The van der Waals surface area contributed by atoms with Crippen LogP contribution in [0.25, 0.3) is 22.4 Å². The highest BCUT2D eigenvalue weighted by molar-refractivity contribution is 7.15. The minimum atomic E-state index is -0.244.